The molecule has 0 aliphatic carbocycles. The summed E-state index contributed by atoms with van der Waals surface area (Å²) in [6, 6.07) is 8.83. The molecule has 1 aromatic carbocycles. The van der Waals surface area contributed by atoms with Crippen molar-refractivity contribution in [3.05, 3.63) is 24.3 Å². The molecule has 1 heterocycles. The molecule has 3 nitrogen and oxygen atoms in total. The fourth-order valence-electron chi connectivity index (χ4n) is 2.58. The molecule has 3 heteroatoms. The lowest BCUT2D eigenvalue weighted by molar-refractivity contribution is 0.164. The average Bonchev–Trinajstić information content (AvgIpc) is 2.47. The molecule has 1 aliphatic rings. The summed E-state index contributed by atoms with van der Waals surface area (Å²) >= 11 is 0. The zero-order valence-electron chi connectivity index (χ0n) is 12.2. The summed E-state index contributed by atoms with van der Waals surface area (Å²) in [5.41, 5.74) is 2.55. The van der Waals surface area contributed by atoms with Crippen LogP contribution < -0.4 is 10.2 Å². The van der Waals surface area contributed by atoms with Gasteiger partial charge < -0.3 is 15.0 Å². The quantitative estimate of drug-likeness (QED) is 0.850. The van der Waals surface area contributed by atoms with Crippen molar-refractivity contribution in [3.8, 4) is 0 Å². The number of hydrogen-bond acceptors (Lipinski definition) is 3. The molecule has 106 valence electrons. The van der Waals surface area contributed by atoms with E-state index < -0.39 is 0 Å². The Balaban J connectivity index is 1.83. The maximum absolute atomic E-state index is 5.14. The molecule has 1 unspecified atom stereocenters. The molecule has 0 spiro atoms. The first-order chi connectivity index (χ1) is 9.29. The molecule has 1 atom stereocenters. The summed E-state index contributed by atoms with van der Waals surface area (Å²) in [5, 5.41) is 3.46. The van der Waals surface area contributed by atoms with Gasteiger partial charge in [-0.3, -0.25) is 0 Å². The Labute approximate surface area is 116 Å². The Morgan fingerprint density at radius 1 is 1.16 bits per heavy atom. The van der Waals surface area contributed by atoms with Gasteiger partial charge in [0, 0.05) is 38.1 Å². The van der Waals surface area contributed by atoms with Gasteiger partial charge >= 0.3 is 0 Å². The minimum atomic E-state index is 0.534. The van der Waals surface area contributed by atoms with Crippen LogP contribution in [0.1, 0.15) is 26.2 Å². The second kappa shape index (κ2) is 7.39. The first-order valence-electron chi connectivity index (χ1n) is 7.37. The normalized spacial score (nSPS) is 17.3. The number of anilines is 2. The Morgan fingerprint density at radius 2 is 1.84 bits per heavy atom. The van der Waals surface area contributed by atoms with Crippen LogP contribution in [0.3, 0.4) is 0 Å². The van der Waals surface area contributed by atoms with Crippen LogP contribution in [0.4, 0.5) is 11.4 Å². The summed E-state index contributed by atoms with van der Waals surface area (Å²) in [7, 11) is 1.75. The minimum absolute atomic E-state index is 0.534. The summed E-state index contributed by atoms with van der Waals surface area (Å²) in [4.78, 5) is 2.49. The molecule has 1 N–H and O–H groups in total. The lowest BCUT2D eigenvalue weighted by Gasteiger charge is -2.29. The van der Waals surface area contributed by atoms with E-state index >= 15 is 0 Å². The Bertz CT molecular complexity index is 358. The predicted molar refractivity (Wildman–Crippen MR) is 82.0 cm³/mol. The third kappa shape index (κ3) is 4.43. The van der Waals surface area contributed by atoms with Gasteiger partial charge in [0.2, 0.25) is 0 Å². The highest BCUT2D eigenvalue weighted by Gasteiger charge is 2.10. The molecule has 0 amide bonds. The van der Waals surface area contributed by atoms with Crippen molar-refractivity contribution in [1.82, 2.24) is 0 Å². The van der Waals surface area contributed by atoms with Crippen LogP contribution in [0.5, 0.6) is 0 Å². The van der Waals surface area contributed by atoms with Crippen LogP contribution in [0.25, 0.3) is 0 Å². The van der Waals surface area contributed by atoms with Crippen LogP contribution >= 0.6 is 0 Å². The molecule has 0 radical (unpaired) electrons. The van der Waals surface area contributed by atoms with Crippen molar-refractivity contribution in [2.24, 2.45) is 5.92 Å². The van der Waals surface area contributed by atoms with Gasteiger partial charge in [-0.1, -0.05) is 6.92 Å². The van der Waals surface area contributed by atoms with Gasteiger partial charge in [-0.05, 0) is 49.4 Å². The summed E-state index contributed by atoms with van der Waals surface area (Å²) in [6.45, 7) is 6.36. The predicted octanol–water partition coefficient (Wildman–Crippen LogP) is 3.37. The lowest BCUT2D eigenvalue weighted by Crippen LogP contribution is -2.29. The Hall–Kier alpha value is -1.22. The van der Waals surface area contributed by atoms with Crippen LogP contribution in [0.2, 0.25) is 0 Å². The highest BCUT2D eigenvalue weighted by Crippen LogP contribution is 2.21. The van der Waals surface area contributed by atoms with Gasteiger partial charge in [0.05, 0.1) is 6.61 Å². The number of rotatable bonds is 6. The van der Waals surface area contributed by atoms with E-state index in [0.717, 1.165) is 13.2 Å². The van der Waals surface area contributed by atoms with Crippen LogP contribution in [0.15, 0.2) is 24.3 Å². The molecule has 1 saturated heterocycles. The van der Waals surface area contributed by atoms with Crippen molar-refractivity contribution in [2.75, 3.05) is 43.6 Å². The van der Waals surface area contributed by atoms with E-state index in [0.29, 0.717) is 5.92 Å². The zero-order valence-corrected chi connectivity index (χ0v) is 12.2. The number of methoxy groups -OCH3 is 1. The van der Waals surface area contributed by atoms with E-state index in [4.69, 9.17) is 4.74 Å². The van der Waals surface area contributed by atoms with Crippen molar-refractivity contribution in [3.63, 3.8) is 0 Å². The lowest BCUT2D eigenvalue weighted by atomic mass is 10.1. The second-order valence-electron chi connectivity index (χ2n) is 5.54. The minimum Gasteiger partial charge on any atom is -0.385 e. The van der Waals surface area contributed by atoms with Gasteiger partial charge in [0.25, 0.3) is 0 Å². The van der Waals surface area contributed by atoms with Crippen molar-refractivity contribution < 1.29 is 4.74 Å². The van der Waals surface area contributed by atoms with Crippen molar-refractivity contribution in [1.29, 1.82) is 0 Å². The van der Waals surface area contributed by atoms with Gasteiger partial charge in [0.15, 0.2) is 0 Å². The molecule has 1 aromatic rings. The molecule has 1 fully saturated rings. The molecule has 1 aliphatic heterocycles. The van der Waals surface area contributed by atoms with E-state index in [-0.39, 0.29) is 0 Å². The number of ether oxygens (including phenoxy) is 1. The molecule has 19 heavy (non-hydrogen) atoms. The maximum Gasteiger partial charge on any atom is 0.0504 e. The number of nitrogens with zero attached hydrogens (tertiary/aromatic N) is 1. The van der Waals surface area contributed by atoms with E-state index in [1.165, 1.54) is 43.7 Å². The number of piperidine rings is 1. The highest BCUT2D eigenvalue weighted by molar-refractivity contribution is 5.55. The third-order valence-corrected chi connectivity index (χ3v) is 3.69. The van der Waals surface area contributed by atoms with Gasteiger partial charge in [0.1, 0.15) is 0 Å². The van der Waals surface area contributed by atoms with E-state index in [1.807, 2.05) is 0 Å². The summed E-state index contributed by atoms with van der Waals surface area (Å²) < 4.78 is 5.14. The Kier molecular flexibility index (Phi) is 5.52. The largest absolute Gasteiger partial charge is 0.385 e. The molecule has 0 aromatic heterocycles. The van der Waals surface area contributed by atoms with E-state index in [2.05, 4.69) is 41.4 Å². The molecular formula is C16H26N2O. The first kappa shape index (κ1) is 14.2. The summed E-state index contributed by atoms with van der Waals surface area (Å²) in [6.07, 6.45) is 4.04. The topological polar surface area (TPSA) is 24.5 Å². The monoisotopic (exact) mass is 262 g/mol. The van der Waals surface area contributed by atoms with Crippen LogP contribution in [-0.4, -0.2) is 33.4 Å². The molecule has 2 rings (SSSR count). The van der Waals surface area contributed by atoms with Crippen LogP contribution in [-0.2, 0) is 4.74 Å². The maximum atomic E-state index is 5.14. The van der Waals surface area contributed by atoms with E-state index in [9.17, 15) is 0 Å². The van der Waals surface area contributed by atoms with Crippen LogP contribution in [0, 0.1) is 5.92 Å². The standard InChI is InChI=1S/C16H26N2O/c1-14(13-19-2)12-17-15-6-8-16(9-7-15)18-10-4-3-5-11-18/h6-9,14,17H,3-5,10-13H2,1-2H3. The zero-order chi connectivity index (χ0) is 13.5. The van der Waals surface area contributed by atoms with Crippen molar-refractivity contribution in [2.45, 2.75) is 26.2 Å². The number of nitrogens with one attached hydrogen (secondary N) is 1. The second-order valence-corrected chi connectivity index (χ2v) is 5.54. The average molecular weight is 262 g/mol. The molecule has 0 saturated carbocycles. The third-order valence-electron chi connectivity index (χ3n) is 3.69. The van der Waals surface area contributed by atoms with Gasteiger partial charge in [-0.2, -0.15) is 0 Å². The fourth-order valence-corrected chi connectivity index (χ4v) is 2.58. The molecule has 0 bridgehead atoms. The smallest absolute Gasteiger partial charge is 0.0504 e. The fraction of sp³-hybridized carbons (Fsp3) is 0.625. The highest BCUT2D eigenvalue weighted by atomic mass is 16.5. The van der Waals surface area contributed by atoms with E-state index in [1.54, 1.807) is 7.11 Å². The number of hydrogen-bond donors (Lipinski definition) is 1. The summed E-state index contributed by atoms with van der Waals surface area (Å²) in [5.74, 6) is 0.534. The van der Waals surface area contributed by atoms with Crippen molar-refractivity contribution >= 4 is 11.4 Å². The van der Waals surface area contributed by atoms with Gasteiger partial charge in [-0.25, -0.2) is 0 Å². The number of benzene rings is 1. The first-order valence-corrected chi connectivity index (χ1v) is 7.37. The molecular weight excluding hydrogens is 236 g/mol. The Morgan fingerprint density at radius 3 is 2.47 bits per heavy atom. The van der Waals surface area contributed by atoms with Gasteiger partial charge in [-0.15, -0.1) is 0 Å². The SMILES string of the molecule is COCC(C)CNc1ccc(N2CCCCC2)cc1.